The minimum absolute atomic E-state index is 0.164. The molecule has 4 aromatic rings. The van der Waals surface area contributed by atoms with E-state index in [0.29, 0.717) is 16.7 Å². The topological polar surface area (TPSA) is 62.9 Å². The standard InChI is InChI=1S/C23H12N2O2/c24-13-14-5-7-15(8-6-14)25-19-4-2-1-3-16(19)17-9-10-18-20(26)11-12-21(27)22(18)23(17)25/h1-12H. The van der Waals surface area contributed by atoms with Gasteiger partial charge in [-0.2, -0.15) is 5.26 Å². The van der Waals surface area contributed by atoms with Crippen molar-refractivity contribution in [3.63, 3.8) is 0 Å². The summed E-state index contributed by atoms with van der Waals surface area (Å²) in [6, 6.07) is 20.9. The van der Waals surface area contributed by atoms with Gasteiger partial charge in [0, 0.05) is 22.0 Å². The first-order chi connectivity index (χ1) is 13.2. The van der Waals surface area contributed by atoms with Gasteiger partial charge in [-0.15, -0.1) is 0 Å². The number of hydrogen-bond donors (Lipinski definition) is 0. The zero-order chi connectivity index (χ0) is 18.5. The van der Waals surface area contributed by atoms with Gasteiger partial charge in [-0.25, -0.2) is 0 Å². The molecule has 1 aliphatic rings. The number of para-hydroxylation sites is 1. The number of rotatable bonds is 1. The lowest BCUT2D eigenvalue weighted by molar-refractivity contribution is 0.0995. The summed E-state index contributed by atoms with van der Waals surface area (Å²) in [6.45, 7) is 0. The maximum absolute atomic E-state index is 12.7. The van der Waals surface area contributed by atoms with Crippen LogP contribution in [0.4, 0.5) is 0 Å². The van der Waals surface area contributed by atoms with E-state index in [1.807, 2.05) is 47.0 Å². The van der Waals surface area contributed by atoms with Gasteiger partial charge in [-0.3, -0.25) is 9.59 Å². The Kier molecular flexibility index (Phi) is 3.12. The summed E-state index contributed by atoms with van der Waals surface area (Å²) < 4.78 is 2.00. The molecule has 27 heavy (non-hydrogen) atoms. The van der Waals surface area contributed by atoms with Crippen molar-refractivity contribution in [3.8, 4) is 11.8 Å². The fourth-order valence-electron chi connectivity index (χ4n) is 3.79. The van der Waals surface area contributed by atoms with Gasteiger partial charge < -0.3 is 4.57 Å². The van der Waals surface area contributed by atoms with Gasteiger partial charge in [0.2, 0.25) is 0 Å². The number of fused-ring (bicyclic) bond motifs is 5. The van der Waals surface area contributed by atoms with E-state index < -0.39 is 0 Å². The van der Waals surface area contributed by atoms with Crippen molar-refractivity contribution in [1.82, 2.24) is 4.57 Å². The van der Waals surface area contributed by atoms with Crippen LogP contribution in [0, 0.1) is 11.3 Å². The maximum Gasteiger partial charge on any atom is 0.188 e. The van der Waals surface area contributed by atoms with Crippen molar-refractivity contribution in [2.24, 2.45) is 0 Å². The molecule has 1 aromatic heterocycles. The van der Waals surface area contributed by atoms with Crippen LogP contribution in [0.5, 0.6) is 0 Å². The lowest BCUT2D eigenvalue weighted by Gasteiger charge is -2.14. The van der Waals surface area contributed by atoms with Crippen LogP contribution in [0.1, 0.15) is 26.3 Å². The van der Waals surface area contributed by atoms with Crippen molar-refractivity contribution >= 4 is 33.4 Å². The number of nitriles is 1. The Labute approximate surface area is 154 Å². The second-order valence-electron chi connectivity index (χ2n) is 6.46. The molecule has 0 saturated carbocycles. The molecule has 0 unspecified atom stereocenters. The van der Waals surface area contributed by atoms with Gasteiger partial charge in [0.1, 0.15) is 0 Å². The molecule has 0 spiro atoms. The van der Waals surface area contributed by atoms with E-state index in [-0.39, 0.29) is 11.6 Å². The minimum atomic E-state index is -0.173. The SMILES string of the molecule is N#Cc1ccc(-n2c3ccccc3c3ccc4c(c32)C(=O)C=CC4=O)cc1. The number of nitrogens with zero attached hydrogens (tertiary/aromatic N) is 2. The Balaban J connectivity index is 1.98. The number of hydrogen-bond acceptors (Lipinski definition) is 3. The van der Waals surface area contributed by atoms with Gasteiger partial charge in [-0.05, 0) is 48.6 Å². The Morgan fingerprint density at radius 2 is 1.52 bits per heavy atom. The molecule has 0 atom stereocenters. The van der Waals surface area contributed by atoms with E-state index in [0.717, 1.165) is 27.5 Å². The molecule has 3 aromatic carbocycles. The van der Waals surface area contributed by atoms with Crippen LogP contribution in [-0.4, -0.2) is 16.1 Å². The maximum atomic E-state index is 12.7. The van der Waals surface area contributed by atoms with Crippen LogP contribution in [0.3, 0.4) is 0 Å². The second kappa shape index (κ2) is 5.52. The highest BCUT2D eigenvalue weighted by molar-refractivity contribution is 6.28. The Morgan fingerprint density at radius 1 is 0.778 bits per heavy atom. The predicted molar refractivity (Wildman–Crippen MR) is 103 cm³/mol. The molecule has 4 nitrogen and oxygen atoms in total. The van der Waals surface area contributed by atoms with Crippen LogP contribution >= 0.6 is 0 Å². The molecular formula is C23H12N2O2. The molecule has 0 fully saturated rings. The highest BCUT2D eigenvalue weighted by Gasteiger charge is 2.25. The molecule has 0 N–H and O–H groups in total. The molecule has 0 amide bonds. The first-order valence-electron chi connectivity index (χ1n) is 8.52. The number of ketones is 2. The summed E-state index contributed by atoms with van der Waals surface area (Å²) in [6.07, 6.45) is 2.66. The van der Waals surface area contributed by atoms with E-state index in [2.05, 4.69) is 6.07 Å². The fraction of sp³-hybridized carbons (Fsp3) is 0. The lowest BCUT2D eigenvalue weighted by Crippen LogP contribution is -2.13. The van der Waals surface area contributed by atoms with Gasteiger partial charge in [0.05, 0.1) is 28.2 Å². The van der Waals surface area contributed by atoms with E-state index in [9.17, 15) is 9.59 Å². The molecule has 1 heterocycles. The van der Waals surface area contributed by atoms with Crippen LogP contribution < -0.4 is 0 Å². The predicted octanol–water partition coefficient (Wildman–Crippen LogP) is 4.59. The van der Waals surface area contributed by atoms with E-state index >= 15 is 0 Å². The van der Waals surface area contributed by atoms with Crippen molar-refractivity contribution in [1.29, 1.82) is 5.26 Å². The fourth-order valence-corrected chi connectivity index (χ4v) is 3.79. The highest BCUT2D eigenvalue weighted by Crippen LogP contribution is 2.36. The summed E-state index contributed by atoms with van der Waals surface area (Å²) in [4.78, 5) is 25.0. The smallest absolute Gasteiger partial charge is 0.188 e. The third-order valence-corrected chi connectivity index (χ3v) is 4.99. The number of aromatic nitrogens is 1. The van der Waals surface area contributed by atoms with Crippen LogP contribution in [0.15, 0.2) is 72.8 Å². The summed E-state index contributed by atoms with van der Waals surface area (Å²) in [7, 11) is 0. The molecule has 0 radical (unpaired) electrons. The van der Waals surface area contributed by atoms with Crippen molar-refractivity contribution in [2.75, 3.05) is 0 Å². The average Bonchev–Trinajstić information content (AvgIpc) is 3.05. The quantitative estimate of drug-likeness (QED) is 0.505. The Morgan fingerprint density at radius 3 is 2.30 bits per heavy atom. The lowest BCUT2D eigenvalue weighted by atomic mass is 9.92. The molecule has 1 aliphatic carbocycles. The first-order valence-corrected chi connectivity index (χ1v) is 8.52. The van der Waals surface area contributed by atoms with Crippen LogP contribution in [-0.2, 0) is 0 Å². The van der Waals surface area contributed by atoms with Gasteiger partial charge in [0.15, 0.2) is 11.6 Å². The summed E-state index contributed by atoms with van der Waals surface area (Å²) in [5, 5.41) is 11.0. The largest absolute Gasteiger partial charge is 0.308 e. The molecular weight excluding hydrogens is 336 g/mol. The number of allylic oxidation sites excluding steroid dienone is 2. The molecule has 0 bridgehead atoms. The Bertz CT molecular complexity index is 1350. The van der Waals surface area contributed by atoms with E-state index in [1.54, 1.807) is 18.2 Å². The molecule has 0 aliphatic heterocycles. The zero-order valence-electron chi connectivity index (χ0n) is 14.1. The molecule has 4 heteroatoms. The van der Waals surface area contributed by atoms with Crippen LogP contribution in [0.2, 0.25) is 0 Å². The van der Waals surface area contributed by atoms with Crippen molar-refractivity contribution < 1.29 is 9.59 Å². The first kappa shape index (κ1) is 15.3. The zero-order valence-corrected chi connectivity index (χ0v) is 14.1. The Hall–Kier alpha value is -3.97. The van der Waals surface area contributed by atoms with Gasteiger partial charge in [0.25, 0.3) is 0 Å². The monoisotopic (exact) mass is 348 g/mol. The minimum Gasteiger partial charge on any atom is -0.308 e. The molecule has 0 saturated heterocycles. The third kappa shape index (κ3) is 2.09. The summed E-state index contributed by atoms with van der Waals surface area (Å²) >= 11 is 0. The van der Waals surface area contributed by atoms with Gasteiger partial charge >= 0.3 is 0 Å². The summed E-state index contributed by atoms with van der Waals surface area (Å²) in [5.74, 6) is -0.337. The molecule has 5 rings (SSSR count). The number of benzene rings is 3. The van der Waals surface area contributed by atoms with Gasteiger partial charge in [-0.1, -0.05) is 24.3 Å². The summed E-state index contributed by atoms with van der Waals surface area (Å²) in [5.41, 5.74) is 3.92. The number of carbonyl (C=O) groups is 2. The average molecular weight is 348 g/mol. The third-order valence-electron chi connectivity index (χ3n) is 4.99. The second-order valence-corrected chi connectivity index (χ2v) is 6.46. The normalized spacial score (nSPS) is 13.1. The van der Waals surface area contributed by atoms with E-state index in [1.165, 1.54) is 12.2 Å². The van der Waals surface area contributed by atoms with E-state index in [4.69, 9.17) is 5.26 Å². The van der Waals surface area contributed by atoms with Crippen molar-refractivity contribution in [2.45, 2.75) is 0 Å². The highest BCUT2D eigenvalue weighted by atomic mass is 16.1. The van der Waals surface area contributed by atoms with Crippen molar-refractivity contribution in [3.05, 3.63) is 89.5 Å². The number of carbonyl (C=O) groups excluding carboxylic acids is 2. The van der Waals surface area contributed by atoms with Crippen LogP contribution in [0.25, 0.3) is 27.5 Å². The molecule has 126 valence electrons.